The number of nitrogens with one attached hydrogen (secondary N) is 1. The maximum absolute atomic E-state index is 12.0. The standard InChI is InChI=1S/C17H20N4O/c22-17(15-1-7-18-8-2-15)20-13-14-5-11-21(12-6-14)16-3-9-19-10-4-16/h1-4,7-10,14H,5-6,11-13H2,(H,20,22). The summed E-state index contributed by atoms with van der Waals surface area (Å²) in [6, 6.07) is 7.57. The molecule has 5 heteroatoms. The number of amides is 1. The third kappa shape index (κ3) is 3.61. The molecule has 3 heterocycles. The molecular formula is C17H20N4O. The smallest absolute Gasteiger partial charge is 0.251 e. The second kappa shape index (κ2) is 7.02. The molecule has 0 aliphatic carbocycles. The van der Waals surface area contributed by atoms with Crippen LogP contribution in [0.2, 0.25) is 0 Å². The van der Waals surface area contributed by atoms with Gasteiger partial charge in [0.05, 0.1) is 0 Å². The van der Waals surface area contributed by atoms with E-state index in [-0.39, 0.29) is 5.91 Å². The van der Waals surface area contributed by atoms with Crippen LogP contribution >= 0.6 is 0 Å². The molecule has 0 bridgehead atoms. The first kappa shape index (κ1) is 14.5. The molecule has 1 aliphatic rings. The maximum Gasteiger partial charge on any atom is 0.251 e. The summed E-state index contributed by atoms with van der Waals surface area (Å²) in [6.07, 6.45) is 9.13. The Kier molecular flexibility index (Phi) is 4.63. The number of nitrogens with zero attached hydrogens (tertiary/aromatic N) is 3. The molecular weight excluding hydrogens is 276 g/mol. The van der Waals surface area contributed by atoms with Gasteiger partial charge in [0.25, 0.3) is 5.91 Å². The second-order valence-corrected chi connectivity index (χ2v) is 5.58. The van der Waals surface area contributed by atoms with Gasteiger partial charge in [0.2, 0.25) is 0 Å². The Morgan fingerprint density at radius 2 is 1.64 bits per heavy atom. The van der Waals surface area contributed by atoms with Gasteiger partial charge in [-0.2, -0.15) is 0 Å². The summed E-state index contributed by atoms with van der Waals surface area (Å²) in [7, 11) is 0. The fourth-order valence-electron chi connectivity index (χ4n) is 2.79. The minimum absolute atomic E-state index is 0.0148. The summed E-state index contributed by atoms with van der Waals surface area (Å²) in [5, 5.41) is 3.03. The highest BCUT2D eigenvalue weighted by atomic mass is 16.1. The number of pyridine rings is 2. The first-order valence-electron chi connectivity index (χ1n) is 7.66. The van der Waals surface area contributed by atoms with Gasteiger partial charge in [-0.15, -0.1) is 0 Å². The van der Waals surface area contributed by atoms with Gasteiger partial charge in [-0.3, -0.25) is 14.8 Å². The van der Waals surface area contributed by atoms with Crippen molar-refractivity contribution < 1.29 is 4.79 Å². The van der Waals surface area contributed by atoms with E-state index in [2.05, 4.69) is 20.2 Å². The summed E-state index contributed by atoms with van der Waals surface area (Å²) >= 11 is 0. The normalized spacial score (nSPS) is 15.5. The van der Waals surface area contributed by atoms with Crippen molar-refractivity contribution in [3.05, 3.63) is 54.6 Å². The monoisotopic (exact) mass is 296 g/mol. The van der Waals surface area contributed by atoms with Crippen LogP contribution in [0.5, 0.6) is 0 Å². The lowest BCUT2D eigenvalue weighted by Crippen LogP contribution is -2.38. The maximum atomic E-state index is 12.0. The van der Waals surface area contributed by atoms with E-state index in [0.29, 0.717) is 11.5 Å². The van der Waals surface area contributed by atoms with Crippen LogP contribution in [-0.2, 0) is 0 Å². The number of hydrogen-bond donors (Lipinski definition) is 1. The van der Waals surface area contributed by atoms with E-state index in [1.807, 2.05) is 24.5 Å². The highest BCUT2D eigenvalue weighted by Gasteiger charge is 2.20. The van der Waals surface area contributed by atoms with Gasteiger partial charge in [0, 0.05) is 55.7 Å². The molecule has 2 aromatic rings. The van der Waals surface area contributed by atoms with Gasteiger partial charge in [0.1, 0.15) is 0 Å². The van der Waals surface area contributed by atoms with Crippen LogP contribution in [0.1, 0.15) is 23.2 Å². The highest BCUT2D eigenvalue weighted by Crippen LogP contribution is 2.22. The van der Waals surface area contributed by atoms with Crippen molar-refractivity contribution in [1.29, 1.82) is 0 Å². The summed E-state index contributed by atoms with van der Waals surface area (Å²) < 4.78 is 0. The molecule has 1 amide bonds. The number of anilines is 1. The summed E-state index contributed by atoms with van der Waals surface area (Å²) in [5.74, 6) is 0.530. The summed E-state index contributed by atoms with van der Waals surface area (Å²) in [6.45, 7) is 2.80. The zero-order chi connectivity index (χ0) is 15.2. The van der Waals surface area contributed by atoms with E-state index in [1.165, 1.54) is 5.69 Å². The third-order valence-electron chi connectivity index (χ3n) is 4.14. The number of hydrogen-bond acceptors (Lipinski definition) is 4. The molecule has 1 saturated heterocycles. The minimum Gasteiger partial charge on any atom is -0.371 e. The number of rotatable bonds is 4. The average molecular weight is 296 g/mol. The van der Waals surface area contributed by atoms with Crippen LogP contribution in [0.15, 0.2) is 49.1 Å². The molecule has 1 N–H and O–H groups in total. The second-order valence-electron chi connectivity index (χ2n) is 5.58. The van der Waals surface area contributed by atoms with Crippen LogP contribution in [-0.4, -0.2) is 35.5 Å². The first-order chi connectivity index (χ1) is 10.8. The Balaban J connectivity index is 1.45. The summed E-state index contributed by atoms with van der Waals surface area (Å²) in [5.41, 5.74) is 1.90. The number of carbonyl (C=O) groups is 1. The Bertz CT molecular complexity index is 595. The van der Waals surface area contributed by atoms with E-state index in [9.17, 15) is 4.79 Å². The van der Waals surface area contributed by atoms with Crippen LogP contribution < -0.4 is 10.2 Å². The molecule has 22 heavy (non-hydrogen) atoms. The van der Waals surface area contributed by atoms with Gasteiger partial charge < -0.3 is 10.2 Å². The van der Waals surface area contributed by atoms with E-state index < -0.39 is 0 Å². The van der Waals surface area contributed by atoms with Crippen molar-refractivity contribution in [3.8, 4) is 0 Å². The van der Waals surface area contributed by atoms with Crippen LogP contribution in [0, 0.1) is 5.92 Å². The predicted molar refractivity (Wildman–Crippen MR) is 85.7 cm³/mol. The van der Waals surface area contributed by atoms with Crippen LogP contribution in [0.3, 0.4) is 0 Å². The zero-order valence-electron chi connectivity index (χ0n) is 12.5. The molecule has 1 fully saturated rings. The zero-order valence-corrected chi connectivity index (χ0v) is 12.5. The Morgan fingerprint density at radius 1 is 1.05 bits per heavy atom. The van der Waals surface area contributed by atoms with E-state index in [0.717, 1.165) is 32.5 Å². The van der Waals surface area contributed by atoms with Crippen molar-refractivity contribution in [2.45, 2.75) is 12.8 Å². The van der Waals surface area contributed by atoms with Crippen molar-refractivity contribution in [3.63, 3.8) is 0 Å². The molecule has 0 saturated carbocycles. The average Bonchev–Trinajstić information content (AvgIpc) is 2.61. The quantitative estimate of drug-likeness (QED) is 0.939. The fourth-order valence-corrected chi connectivity index (χ4v) is 2.79. The van der Waals surface area contributed by atoms with Crippen molar-refractivity contribution >= 4 is 11.6 Å². The SMILES string of the molecule is O=C(NCC1CCN(c2ccncc2)CC1)c1ccncc1. The molecule has 3 rings (SSSR count). The molecule has 114 valence electrons. The lowest BCUT2D eigenvalue weighted by atomic mass is 9.96. The van der Waals surface area contributed by atoms with Gasteiger partial charge in [0.15, 0.2) is 0 Å². The van der Waals surface area contributed by atoms with E-state index >= 15 is 0 Å². The molecule has 1 aliphatic heterocycles. The fraction of sp³-hybridized carbons (Fsp3) is 0.353. The predicted octanol–water partition coefficient (Wildman–Crippen LogP) is 2.12. The summed E-state index contributed by atoms with van der Waals surface area (Å²) in [4.78, 5) is 22.4. The number of aromatic nitrogens is 2. The molecule has 0 unspecified atom stereocenters. The highest BCUT2D eigenvalue weighted by molar-refractivity contribution is 5.93. The van der Waals surface area contributed by atoms with Crippen molar-refractivity contribution in [2.75, 3.05) is 24.5 Å². The number of piperidine rings is 1. The minimum atomic E-state index is -0.0148. The Hall–Kier alpha value is -2.43. The molecule has 0 radical (unpaired) electrons. The molecule has 2 aromatic heterocycles. The van der Waals surface area contributed by atoms with Crippen molar-refractivity contribution in [1.82, 2.24) is 15.3 Å². The van der Waals surface area contributed by atoms with Crippen LogP contribution in [0.4, 0.5) is 5.69 Å². The molecule has 0 atom stereocenters. The topological polar surface area (TPSA) is 58.1 Å². The molecule has 0 spiro atoms. The van der Waals surface area contributed by atoms with Gasteiger partial charge >= 0.3 is 0 Å². The largest absolute Gasteiger partial charge is 0.371 e. The van der Waals surface area contributed by atoms with E-state index in [4.69, 9.17) is 0 Å². The Morgan fingerprint density at radius 3 is 2.27 bits per heavy atom. The van der Waals surface area contributed by atoms with Gasteiger partial charge in [-0.05, 0) is 43.0 Å². The van der Waals surface area contributed by atoms with Gasteiger partial charge in [-0.25, -0.2) is 0 Å². The first-order valence-corrected chi connectivity index (χ1v) is 7.66. The lowest BCUT2D eigenvalue weighted by Gasteiger charge is -2.33. The van der Waals surface area contributed by atoms with Crippen molar-refractivity contribution in [2.24, 2.45) is 5.92 Å². The van der Waals surface area contributed by atoms with Gasteiger partial charge in [-0.1, -0.05) is 0 Å². The van der Waals surface area contributed by atoms with Crippen LogP contribution in [0.25, 0.3) is 0 Å². The third-order valence-corrected chi connectivity index (χ3v) is 4.14. The molecule has 0 aromatic carbocycles. The van der Waals surface area contributed by atoms with E-state index in [1.54, 1.807) is 24.5 Å². The molecule has 5 nitrogen and oxygen atoms in total. The number of carbonyl (C=O) groups excluding carboxylic acids is 1. The Labute approximate surface area is 130 Å². The lowest BCUT2D eigenvalue weighted by molar-refractivity contribution is 0.0945.